The summed E-state index contributed by atoms with van der Waals surface area (Å²) in [6.45, 7) is -0.252. The first kappa shape index (κ1) is 25.4. The van der Waals surface area contributed by atoms with E-state index in [1.54, 1.807) is 29.7 Å². The van der Waals surface area contributed by atoms with Gasteiger partial charge >= 0.3 is 6.09 Å². The molecule has 9 heteroatoms. The second-order valence-corrected chi connectivity index (χ2v) is 6.00. The van der Waals surface area contributed by atoms with E-state index in [4.69, 9.17) is 26.7 Å². The molecule has 0 fully saturated rings. The number of nitrogens with one attached hydrogen (secondary N) is 2. The summed E-state index contributed by atoms with van der Waals surface area (Å²) in [5.41, 5.74) is 14.8. The molecule has 3 aromatic rings. The van der Waals surface area contributed by atoms with E-state index in [1.165, 1.54) is 0 Å². The number of ether oxygens (including phenoxy) is 1. The summed E-state index contributed by atoms with van der Waals surface area (Å²) in [4.78, 5) is 15.2. The van der Waals surface area contributed by atoms with Gasteiger partial charge in [-0.2, -0.15) is 0 Å². The first-order chi connectivity index (χ1) is 15.0. The largest absolute Gasteiger partial charge is 0.446 e. The maximum Gasteiger partial charge on any atom is 0.411 e. The normalized spacial score (nSPS) is 10.4. The Bertz CT molecular complexity index is 804. The van der Waals surface area contributed by atoms with Crippen LogP contribution in [0.2, 0.25) is 0 Å². The Morgan fingerprint density at radius 3 is 1.68 bits per heavy atom. The molecule has 0 spiro atoms. The lowest BCUT2D eigenvalue weighted by atomic mass is 10.3. The van der Waals surface area contributed by atoms with Crippen LogP contribution >= 0.6 is 0 Å². The number of carbonyl (C=O) groups excluding carboxylic acids is 1. The number of rotatable bonds is 6. The highest BCUT2D eigenvalue weighted by Crippen LogP contribution is 2.05. The molecule has 3 aromatic carbocycles. The highest BCUT2D eigenvalue weighted by molar-refractivity contribution is 5.84. The number of para-hydroxylation sites is 3. The fourth-order valence-corrected chi connectivity index (χ4v) is 1.98. The molecule has 1 atom stereocenters. The third kappa shape index (κ3) is 13.3. The van der Waals surface area contributed by atoms with Gasteiger partial charge in [0.1, 0.15) is 12.7 Å². The minimum absolute atomic E-state index is 0. The monoisotopic (exact) mass is 436 g/mol. The summed E-state index contributed by atoms with van der Waals surface area (Å²) >= 11 is 0. The number of nitrogens with two attached hydrogens (primary N) is 2. The van der Waals surface area contributed by atoms with Crippen molar-refractivity contribution in [2.24, 2.45) is 0 Å². The van der Waals surface area contributed by atoms with E-state index >= 15 is 0 Å². The van der Waals surface area contributed by atoms with Crippen LogP contribution in [-0.2, 0) is 9.62 Å². The van der Waals surface area contributed by atoms with Crippen LogP contribution in [0.3, 0.4) is 0 Å². The second-order valence-electron chi connectivity index (χ2n) is 6.00. The van der Waals surface area contributed by atoms with Gasteiger partial charge in [-0.15, -0.1) is 0 Å². The summed E-state index contributed by atoms with van der Waals surface area (Å²) in [5, 5.41) is 19.3. The van der Waals surface area contributed by atoms with Crippen molar-refractivity contribution >= 4 is 23.2 Å². The van der Waals surface area contributed by atoms with Crippen molar-refractivity contribution < 1.29 is 30.6 Å². The minimum Gasteiger partial charge on any atom is -0.446 e. The van der Waals surface area contributed by atoms with E-state index in [0.717, 1.165) is 11.4 Å². The molecular formula is C22H36N4O5. The Balaban J connectivity index is -0.000000224. The Hall–Kier alpha value is -3.63. The number of nitrogen functional groups attached to an aromatic ring is 2. The molecule has 31 heavy (non-hydrogen) atoms. The molecule has 1 amide bonds. The van der Waals surface area contributed by atoms with Crippen molar-refractivity contribution in [3.8, 4) is 0 Å². The molecule has 1 unspecified atom stereocenters. The molecular weight excluding hydrogens is 400 g/mol. The Kier molecular flexibility index (Phi) is 13.3. The van der Waals surface area contributed by atoms with Crippen molar-refractivity contribution in [3.05, 3.63) is 91.0 Å². The van der Waals surface area contributed by atoms with Gasteiger partial charge in [0, 0.05) is 22.8 Å². The van der Waals surface area contributed by atoms with Gasteiger partial charge in [0.15, 0.2) is 0 Å². The average Bonchev–Trinajstić information content (AvgIpc) is 2.79. The van der Waals surface area contributed by atoms with Crippen molar-refractivity contribution in [3.63, 3.8) is 0 Å². The van der Waals surface area contributed by atoms with E-state index in [9.17, 15) is 4.79 Å². The van der Waals surface area contributed by atoms with Crippen LogP contribution in [0.4, 0.5) is 21.9 Å². The molecule has 0 aliphatic carbocycles. The summed E-state index contributed by atoms with van der Waals surface area (Å²) in [7, 11) is 0. The van der Waals surface area contributed by atoms with Crippen LogP contribution in [0.25, 0.3) is 0 Å². The van der Waals surface area contributed by atoms with Crippen LogP contribution in [-0.4, -0.2) is 35.8 Å². The van der Waals surface area contributed by atoms with Gasteiger partial charge in [0.2, 0.25) is 0 Å². The van der Waals surface area contributed by atoms with Gasteiger partial charge in [0.05, 0.1) is 6.54 Å². The van der Waals surface area contributed by atoms with E-state index in [2.05, 4.69) is 10.2 Å². The minimum atomic E-state index is -0.832. The zero-order valence-corrected chi connectivity index (χ0v) is 16.9. The molecule has 0 heterocycles. The van der Waals surface area contributed by atoms with Gasteiger partial charge in [-0.25, -0.2) is 15.2 Å². The second kappa shape index (κ2) is 16.2. The van der Waals surface area contributed by atoms with Gasteiger partial charge < -0.3 is 21.4 Å². The molecule has 0 aliphatic heterocycles. The molecule has 0 aromatic heterocycles. The van der Waals surface area contributed by atoms with Crippen molar-refractivity contribution in [1.29, 1.82) is 0 Å². The van der Waals surface area contributed by atoms with Gasteiger partial charge in [-0.1, -0.05) is 54.6 Å². The third-order valence-electron chi connectivity index (χ3n) is 3.49. The molecule has 8 N–H and O–H groups in total. The molecule has 0 saturated heterocycles. The summed E-state index contributed by atoms with van der Waals surface area (Å²) < 4.78 is 4.77. The fraction of sp³-hybridized carbons (Fsp3) is 0.136. The average molecular weight is 437 g/mol. The summed E-state index contributed by atoms with van der Waals surface area (Å²) in [6.07, 6.45) is -1.50. The summed E-state index contributed by atoms with van der Waals surface area (Å²) in [5.74, 6) is 0. The van der Waals surface area contributed by atoms with E-state index in [1.807, 2.05) is 66.7 Å². The van der Waals surface area contributed by atoms with E-state index in [0.29, 0.717) is 5.69 Å². The lowest BCUT2D eigenvalue weighted by Gasteiger charge is -2.12. The summed E-state index contributed by atoms with van der Waals surface area (Å²) in [6, 6.07) is 27.7. The van der Waals surface area contributed by atoms with E-state index < -0.39 is 12.2 Å². The smallest absolute Gasteiger partial charge is 0.411 e. The number of amides is 1. The lowest BCUT2D eigenvalue weighted by Crippen LogP contribution is -2.32. The maximum atomic E-state index is 11.3. The lowest BCUT2D eigenvalue weighted by molar-refractivity contribution is -0.285. The van der Waals surface area contributed by atoms with Gasteiger partial charge in [0.25, 0.3) is 0 Å². The molecule has 0 radical (unpaired) electrons. The van der Waals surface area contributed by atoms with Crippen LogP contribution < -0.4 is 22.3 Å². The number of hydrogen-bond acceptors (Lipinski definition) is 8. The molecule has 0 saturated carbocycles. The van der Waals surface area contributed by atoms with Crippen molar-refractivity contribution in [2.75, 3.05) is 29.9 Å². The number of hydrogen-bond donors (Lipinski definition) is 6. The predicted molar refractivity (Wildman–Crippen MR) is 129 cm³/mol. The first-order valence-corrected chi connectivity index (χ1v) is 9.32. The number of benzene rings is 3. The van der Waals surface area contributed by atoms with Gasteiger partial charge in [-0.05, 0) is 36.4 Å². The van der Waals surface area contributed by atoms with Crippen LogP contribution in [0.1, 0.15) is 5.71 Å². The number of hydroxylamine groups is 1. The van der Waals surface area contributed by atoms with Gasteiger partial charge in [-0.3, -0.25) is 10.6 Å². The quantitative estimate of drug-likeness (QED) is 0.186. The van der Waals surface area contributed by atoms with Crippen LogP contribution in [0, 0.1) is 0 Å². The maximum absolute atomic E-state index is 11.3. The predicted octanol–water partition coefficient (Wildman–Crippen LogP) is 4.59. The Morgan fingerprint density at radius 1 is 0.871 bits per heavy atom. The third-order valence-corrected chi connectivity index (χ3v) is 3.49. The molecule has 0 bridgehead atoms. The fourth-order valence-electron chi connectivity index (χ4n) is 1.98. The van der Waals surface area contributed by atoms with Crippen molar-refractivity contribution in [1.82, 2.24) is 5.48 Å². The Morgan fingerprint density at radius 2 is 1.32 bits per heavy atom. The van der Waals surface area contributed by atoms with Crippen LogP contribution in [0.5, 0.6) is 0 Å². The molecule has 0 aliphatic rings. The number of carbonyl (C=O) groups is 1. The topological polar surface area (TPSA) is 152 Å². The highest BCUT2D eigenvalue weighted by atomic mass is 17.1. The number of anilines is 3. The zero-order chi connectivity index (χ0) is 22.7. The first-order valence-electron chi connectivity index (χ1n) is 9.32. The SMILES string of the molecule is Nc1ccccc1.Nc1ccccc1.O=C(Nc1ccccc1)OCC(CNO)OO.[HH].[HH].[HH].[HH]. The van der Waals surface area contributed by atoms with E-state index in [-0.39, 0.29) is 18.9 Å². The molecule has 9 nitrogen and oxygen atoms in total. The molecule has 3 rings (SSSR count). The standard InChI is InChI=1S/C10H14N2O5.2C6H7N.4H2/c13-10(12-8-4-2-1-3-5-8)16-7-9(17-15)6-11-14;2*7-6-4-2-1-3-5-6;;;;/h1-5,9,11,14-15H,6-7H2,(H,12,13);2*1-5H,7H2;4*1H. The molecule has 174 valence electrons. The Labute approximate surface area is 187 Å². The zero-order valence-electron chi connectivity index (χ0n) is 16.9. The van der Waals surface area contributed by atoms with Crippen LogP contribution in [0.15, 0.2) is 91.0 Å². The highest BCUT2D eigenvalue weighted by Gasteiger charge is 2.12. The van der Waals surface area contributed by atoms with Crippen molar-refractivity contribution in [2.45, 2.75) is 6.10 Å².